The maximum absolute atomic E-state index is 13.1. The molecule has 0 saturated carbocycles. The third kappa shape index (κ3) is 4.35. The van der Waals surface area contributed by atoms with Crippen molar-refractivity contribution in [3.05, 3.63) is 76.6 Å². The summed E-state index contributed by atoms with van der Waals surface area (Å²) in [5.41, 5.74) is 3.40. The highest BCUT2D eigenvalue weighted by Crippen LogP contribution is 2.30. The second-order valence-electron chi connectivity index (χ2n) is 7.35. The van der Waals surface area contributed by atoms with E-state index in [-0.39, 0.29) is 11.8 Å². The molecule has 0 radical (unpaired) electrons. The van der Waals surface area contributed by atoms with Crippen molar-refractivity contribution < 1.29 is 9.53 Å². The Hall–Kier alpha value is -2.83. The molecule has 0 spiro atoms. The first-order valence-corrected chi connectivity index (χ1v) is 10.5. The normalized spacial score (nSPS) is 14.5. The number of nitrogens with one attached hydrogen (secondary N) is 2. The second kappa shape index (κ2) is 9.32. The molecule has 0 bridgehead atoms. The number of piperidine rings is 1. The van der Waals surface area contributed by atoms with Gasteiger partial charge in [0.05, 0.1) is 30.3 Å². The summed E-state index contributed by atoms with van der Waals surface area (Å²) in [6.45, 7) is 2.25. The van der Waals surface area contributed by atoms with E-state index >= 15 is 0 Å². The Bertz CT molecular complexity index is 1010. The molecule has 1 saturated heterocycles. The molecule has 0 unspecified atom stereocenters. The highest BCUT2D eigenvalue weighted by Gasteiger charge is 2.27. The van der Waals surface area contributed by atoms with Crippen LogP contribution in [0.5, 0.6) is 5.75 Å². The zero-order valence-corrected chi connectivity index (χ0v) is 17.7. The van der Waals surface area contributed by atoms with Crippen molar-refractivity contribution in [3.63, 3.8) is 0 Å². The molecular weight excluding hydrogens is 400 g/mol. The van der Waals surface area contributed by atoms with Crippen LogP contribution in [-0.2, 0) is 6.54 Å². The molecule has 2 N–H and O–H groups in total. The number of para-hydroxylation sites is 1. The van der Waals surface area contributed by atoms with Gasteiger partial charge in [-0.2, -0.15) is 5.10 Å². The van der Waals surface area contributed by atoms with E-state index in [0.29, 0.717) is 17.1 Å². The van der Waals surface area contributed by atoms with Gasteiger partial charge < -0.3 is 15.4 Å². The van der Waals surface area contributed by atoms with E-state index in [1.54, 1.807) is 13.3 Å². The molecule has 0 atom stereocenters. The second-order valence-corrected chi connectivity index (χ2v) is 7.79. The molecule has 2 aromatic carbocycles. The first-order chi connectivity index (χ1) is 14.7. The van der Waals surface area contributed by atoms with Crippen LogP contribution in [0.3, 0.4) is 0 Å². The van der Waals surface area contributed by atoms with Gasteiger partial charge in [-0.15, -0.1) is 0 Å². The van der Waals surface area contributed by atoms with Gasteiger partial charge in [0.2, 0.25) is 0 Å². The Morgan fingerprint density at radius 1 is 1.20 bits per heavy atom. The molecule has 30 heavy (non-hydrogen) atoms. The van der Waals surface area contributed by atoms with Crippen LogP contribution in [0.1, 0.15) is 40.4 Å². The number of benzene rings is 2. The molecule has 0 aliphatic carbocycles. The topological polar surface area (TPSA) is 68.2 Å². The summed E-state index contributed by atoms with van der Waals surface area (Å²) in [6.07, 6.45) is 3.60. The zero-order chi connectivity index (χ0) is 20.9. The molecular formula is C23H25ClN4O2. The SMILES string of the molecule is COc1ccccc1CNC(=O)c1cnn(-c2ccc(Cl)cc2)c1C1CCNCC1. The standard InChI is InChI=1S/C23H25ClN4O2/c1-30-21-5-3-2-4-17(21)14-26-23(29)20-15-27-28(19-8-6-18(24)7-9-19)22(20)16-10-12-25-13-11-16/h2-9,15-16,25H,10-14H2,1H3,(H,26,29). The average molecular weight is 425 g/mol. The van der Waals surface area contributed by atoms with Gasteiger partial charge in [-0.25, -0.2) is 4.68 Å². The van der Waals surface area contributed by atoms with Crippen LogP contribution in [-0.4, -0.2) is 35.9 Å². The molecule has 1 amide bonds. The Morgan fingerprint density at radius 3 is 2.67 bits per heavy atom. The number of hydrogen-bond donors (Lipinski definition) is 2. The fourth-order valence-corrected chi connectivity index (χ4v) is 4.05. The van der Waals surface area contributed by atoms with Crippen LogP contribution in [0.25, 0.3) is 5.69 Å². The summed E-state index contributed by atoms with van der Waals surface area (Å²) in [5.74, 6) is 0.888. The van der Waals surface area contributed by atoms with Gasteiger partial charge in [0.25, 0.3) is 5.91 Å². The lowest BCUT2D eigenvalue weighted by Gasteiger charge is -2.24. The molecule has 2 heterocycles. The number of hydrogen-bond acceptors (Lipinski definition) is 4. The Kier molecular flexibility index (Phi) is 6.35. The van der Waals surface area contributed by atoms with Crippen LogP contribution in [0.15, 0.2) is 54.7 Å². The summed E-state index contributed by atoms with van der Waals surface area (Å²) in [5, 5.41) is 11.7. The number of rotatable bonds is 6. The van der Waals surface area contributed by atoms with E-state index in [0.717, 1.165) is 48.6 Å². The lowest BCUT2D eigenvalue weighted by Crippen LogP contribution is -2.30. The largest absolute Gasteiger partial charge is 0.496 e. The number of halogens is 1. The predicted molar refractivity (Wildman–Crippen MR) is 118 cm³/mol. The van der Waals surface area contributed by atoms with Crippen molar-refractivity contribution in [2.75, 3.05) is 20.2 Å². The van der Waals surface area contributed by atoms with E-state index in [1.165, 1.54) is 0 Å². The molecule has 1 aliphatic heterocycles. The smallest absolute Gasteiger partial charge is 0.255 e. The van der Waals surface area contributed by atoms with Gasteiger partial charge in [0.1, 0.15) is 5.75 Å². The summed E-state index contributed by atoms with van der Waals surface area (Å²) < 4.78 is 7.27. The molecule has 7 heteroatoms. The summed E-state index contributed by atoms with van der Waals surface area (Å²) >= 11 is 6.06. The van der Waals surface area contributed by atoms with Crippen molar-refractivity contribution in [1.82, 2.24) is 20.4 Å². The first kappa shape index (κ1) is 20.4. The van der Waals surface area contributed by atoms with Crippen LogP contribution in [0, 0.1) is 0 Å². The van der Waals surface area contributed by atoms with E-state index in [1.807, 2.05) is 53.2 Å². The minimum atomic E-state index is -0.130. The van der Waals surface area contributed by atoms with Gasteiger partial charge in [-0.05, 0) is 56.3 Å². The molecule has 1 aliphatic rings. The van der Waals surface area contributed by atoms with Crippen molar-refractivity contribution >= 4 is 17.5 Å². The van der Waals surface area contributed by atoms with Gasteiger partial charge >= 0.3 is 0 Å². The van der Waals surface area contributed by atoms with Crippen molar-refractivity contribution in [2.45, 2.75) is 25.3 Å². The molecule has 156 valence electrons. The van der Waals surface area contributed by atoms with Crippen molar-refractivity contribution in [3.8, 4) is 11.4 Å². The summed E-state index contributed by atoms with van der Waals surface area (Å²) in [6, 6.07) is 15.2. The number of nitrogens with zero attached hydrogens (tertiary/aromatic N) is 2. The third-order valence-electron chi connectivity index (χ3n) is 5.48. The third-order valence-corrected chi connectivity index (χ3v) is 5.73. The van der Waals surface area contributed by atoms with E-state index in [9.17, 15) is 4.79 Å². The maximum atomic E-state index is 13.1. The lowest BCUT2D eigenvalue weighted by molar-refractivity contribution is 0.0949. The highest BCUT2D eigenvalue weighted by molar-refractivity contribution is 6.30. The minimum absolute atomic E-state index is 0.130. The molecule has 6 nitrogen and oxygen atoms in total. The van der Waals surface area contributed by atoms with E-state index in [2.05, 4.69) is 15.7 Å². The Labute approximate surface area is 181 Å². The zero-order valence-electron chi connectivity index (χ0n) is 16.9. The van der Waals surface area contributed by atoms with Gasteiger partial charge in [-0.1, -0.05) is 29.8 Å². The monoisotopic (exact) mass is 424 g/mol. The van der Waals surface area contributed by atoms with Gasteiger partial charge in [0, 0.05) is 23.0 Å². The first-order valence-electron chi connectivity index (χ1n) is 10.1. The van der Waals surface area contributed by atoms with Crippen molar-refractivity contribution in [1.29, 1.82) is 0 Å². The number of aromatic nitrogens is 2. The number of carbonyl (C=O) groups is 1. The molecule has 3 aromatic rings. The number of ether oxygens (including phenoxy) is 1. The van der Waals surface area contributed by atoms with Crippen LogP contribution < -0.4 is 15.4 Å². The van der Waals surface area contributed by atoms with Crippen LogP contribution in [0.2, 0.25) is 5.02 Å². The van der Waals surface area contributed by atoms with Crippen LogP contribution >= 0.6 is 11.6 Å². The van der Waals surface area contributed by atoms with E-state index in [4.69, 9.17) is 16.3 Å². The van der Waals surface area contributed by atoms with Gasteiger partial charge in [-0.3, -0.25) is 4.79 Å². The predicted octanol–water partition coefficient (Wildman–Crippen LogP) is 3.93. The summed E-state index contributed by atoms with van der Waals surface area (Å²) in [7, 11) is 1.63. The number of amides is 1. The fourth-order valence-electron chi connectivity index (χ4n) is 3.93. The van der Waals surface area contributed by atoms with Crippen LogP contribution in [0.4, 0.5) is 0 Å². The molecule has 1 aromatic heterocycles. The number of carbonyl (C=O) groups excluding carboxylic acids is 1. The molecule has 1 fully saturated rings. The highest BCUT2D eigenvalue weighted by atomic mass is 35.5. The Morgan fingerprint density at radius 2 is 1.93 bits per heavy atom. The Balaban J connectivity index is 1.63. The van der Waals surface area contributed by atoms with Gasteiger partial charge in [0.15, 0.2) is 0 Å². The molecule has 4 rings (SSSR count). The quantitative estimate of drug-likeness (QED) is 0.629. The number of methoxy groups -OCH3 is 1. The van der Waals surface area contributed by atoms with E-state index < -0.39 is 0 Å². The summed E-state index contributed by atoms with van der Waals surface area (Å²) in [4.78, 5) is 13.1. The average Bonchev–Trinajstić information content (AvgIpc) is 3.24. The fraction of sp³-hybridized carbons (Fsp3) is 0.304. The minimum Gasteiger partial charge on any atom is -0.496 e. The maximum Gasteiger partial charge on any atom is 0.255 e. The lowest BCUT2D eigenvalue weighted by atomic mass is 9.91. The van der Waals surface area contributed by atoms with Crippen molar-refractivity contribution in [2.24, 2.45) is 0 Å².